The molecule has 2 heterocycles. The molecule has 0 spiro atoms. The van der Waals surface area contributed by atoms with Gasteiger partial charge in [-0.15, -0.1) is 11.3 Å². The van der Waals surface area contributed by atoms with Crippen molar-refractivity contribution in [2.75, 3.05) is 26.2 Å². The van der Waals surface area contributed by atoms with Gasteiger partial charge in [-0.2, -0.15) is 0 Å². The molecule has 0 aliphatic carbocycles. The summed E-state index contributed by atoms with van der Waals surface area (Å²) < 4.78 is 0. The Bertz CT molecular complexity index is 759. The van der Waals surface area contributed by atoms with Gasteiger partial charge in [-0.05, 0) is 11.5 Å². The predicted octanol–water partition coefficient (Wildman–Crippen LogP) is 3.24. The molecule has 25 heavy (non-hydrogen) atoms. The minimum Gasteiger partial charge on any atom is -0.339 e. The van der Waals surface area contributed by atoms with Crippen LogP contribution in [0.15, 0.2) is 29.6 Å². The van der Waals surface area contributed by atoms with Crippen LogP contribution in [0.1, 0.15) is 42.7 Å². The lowest BCUT2D eigenvalue weighted by Gasteiger charge is -2.33. The molecule has 0 N–H and O–H groups in total. The van der Waals surface area contributed by atoms with Crippen molar-refractivity contribution >= 4 is 23.2 Å². The first-order chi connectivity index (χ1) is 12.0. The van der Waals surface area contributed by atoms with Crippen molar-refractivity contribution in [3.05, 3.63) is 40.9 Å². The molecular weight excluding hydrogens is 334 g/mol. The normalized spacial score (nSPS) is 14.9. The van der Waals surface area contributed by atoms with Gasteiger partial charge in [-0.3, -0.25) is 9.59 Å². The Kier molecular flexibility index (Phi) is 5.18. The summed E-state index contributed by atoms with van der Waals surface area (Å²) in [5.74, 6) is 0.508. The van der Waals surface area contributed by atoms with Crippen LogP contribution in [0, 0.1) is 0 Å². The molecule has 5 nitrogen and oxygen atoms in total. The first-order valence-corrected chi connectivity index (χ1v) is 9.44. The number of hydrogen-bond donors (Lipinski definition) is 0. The summed E-state index contributed by atoms with van der Waals surface area (Å²) in [6, 6.07) is 8.36. The van der Waals surface area contributed by atoms with Crippen LogP contribution in [0.5, 0.6) is 0 Å². The lowest BCUT2D eigenvalue weighted by molar-refractivity contribution is -0.130. The van der Waals surface area contributed by atoms with Crippen molar-refractivity contribution in [2.24, 2.45) is 0 Å². The highest BCUT2D eigenvalue weighted by molar-refractivity contribution is 7.13. The van der Waals surface area contributed by atoms with Crippen LogP contribution in [0.4, 0.5) is 0 Å². The first-order valence-electron chi connectivity index (χ1n) is 8.56. The summed E-state index contributed by atoms with van der Waals surface area (Å²) in [6.07, 6.45) is 0. The van der Waals surface area contributed by atoms with Crippen LogP contribution in [-0.4, -0.2) is 52.8 Å². The van der Waals surface area contributed by atoms with Crippen molar-refractivity contribution in [3.8, 4) is 10.6 Å². The summed E-state index contributed by atoms with van der Waals surface area (Å²) in [6.45, 7) is 8.21. The molecule has 2 aromatic rings. The Morgan fingerprint density at radius 3 is 2.20 bits per heavy atom. The van der Waals surface area contributed by atoms with E-state index in [4.69, 9.17) is 0 Å². The van der Waals surface area contributed by atoms with E-state index in [1.807, 2.05) is 5.38 Å². The monoisotopic (exact) mass is 357 g/mol. The fourth-order valence-electron chi connectivity index (χ4n) is 2.90. The molecule has 1 aliphatic heterocycles. The van der Waals surface area contributed by atoms with Gasteiger partial charge in [-0.25, -0.2) is 4.98 Å². The van der Waals surface area contributed by atoms with E-state index in [9.17, 15) is 9.59 Å². The minimum atomic E-state index is -0.0514. The molecule has 6 heteroatoms. The standard InChI is InChI=1S/C19H23N3O2S/c1-13(2)15-4-6-16(7-5-15)18-20-17(12-25-18)19(24)22-10-8-21(9-11-22)14(3)23/h4-7,12-13H,8-11H2,1-3H3. The number of benzene rings is 1. The molecule has 1 saturated heterocycles. The van der Waals surface area contributed by atoms with Crippen LogP contribution in [0.3, 0.4) is 0 Å². The van der Waals surface area contributed by atoms with E-state index >= 15 is 0 Å². The quantitative estimate of drug-likeness (QED) is 0.847. The Morgan fingerprint density at radius 1 is 1.04 bits per heavy atom. The number of carbonyl (C=O) groups is 2. The highest BCUT2D eigenvalue weighted by atomic mass is 32.1. The van der Waals surface area contributed by atoms with Crippen molar-refractivity contribution in [1.29, 1.82) is 0 Å². The van der Waals surface area contributed by atoms with Crippen LogP contribution in [0.2, 0.25) is 0 Å². The third-order valence-corrected chi connectivity index (χ3v) is 5.45. The molecule has 0 bridgehead atoms. The second-order valence-corrected chi connectivity index (χ2v) is 7.47. The van der Waals surface area contributed by atoms with Crippen molar-refractivity contribution < 1.29 is 9.59 Å². The lowest BCUT2D eigenvalue weighted by atomic mass is 10.0. The molecule has 0 atom stereocenters. The lowest BCUT2D eigenvalue weighted by Crippen LogP contribution is -2.50. The molecule has 2 amide bonds. The molecule has 1 aromatic heterocycles. The summed E-state index contributed by atoms with van der Waals surface area (Å²) in [5, 5.41) is 2.69. The van der Waals surface area contributed by atoms with E-state index in [1.165, 1.54) is 16.9 Å². The number of aromatic nitrogens is 1. The largest absolute Gasteiger partial charge is 0.339 e. The van der Waals surface area contributed by atoms with Crippen LogP contribution in [-0.2, 0) is 4.79 Å². The smallest absolute Gasteiger partial charge is 0.273 e. The maximum absolute atomic E-state index is 12.6. The van der Waals surface area contributed by atoms with Crippen molar-refractivity contribution in [3.63, 3.8) is 0 Å². The topological polar surface area (TPSA) is 53.5 Å². The first kappa shape index (κ1) is 17.6. The third-order valence-electron chi connectivity index (χ3n) is 4.56. The molecule has 3 rings (SSSR count). The maximum Gasteiger partial charge on any atom is 0.273 e. The fourth-order valence-corrected chi connectivity index (χ4v) is 3.70. The summed E-state index contributed by atoms with van der Waals surface area (Å²) >= 11 is 1.49. The molecule has 1 aliphatic rings. The summed E-state index contributed by atoms with van der Waals surface area (Å²) in [4.78, 5) is 32.1. The minimum absolute atomic E-state index is 0.0514. The molecule has 132 valence electrons. The average Bonchev–Trinajstić information content (AvgIpc) is 3.11. The van der Waals surface area contributed by atoms with Crippen molar-refractivity contribution in [2.45, 2.75) is 26.7 Å². The number of carbonyl (C=O) groups excluding carboxylic acids is 2. The number of rotatable bonds is 3. The average molecular weight is 357 g/mol. The van der Waals surface area contributed by atoms with E-state index in [0.29, 0.717) is 37.8 Å². The SMILES string of the molecule is CC(=O)N1CCN(C(=O)c2csc(-c3ccc(C(C)C)cc3)n2)CC1. The van der Waals surface area contributed by atoms with Crippen LogP contribution in [0.25, 0.3) is 10.6 Å². The van der Waals surface area contributed by atoms with E-state index in [0.717, 1.165) is 10.6 Å². The second-order valence-electron chi connectivity index (χ2n) is 6.61. The summed E-state index contributed by atoms with van der Waals surface area (Å²) in [7, 11) is 0. The van der Waals surface area contributed by atoms with Crippen LogP contribution >= 0.6 is 11.3 Å². The predicted molar refractivity (Wildman–Crippen MR) is 99.8 cm³/mol. The Labute approximate surface area is 152 Å². The fraction of sp³-hybridized carbons (Fsp3) is 0.421. The summed E-state index contributed by atoms with van der Waals surface area (Å²) in [5.41, 5.74) is 2.82. The third kappa shape index (κ3) is 3.90. The van der Waals surface area contributed by atoms with Crippen molar-refractivity contribution in [1.82, 2.24) is 14.8 Å². The maximum atomic E-state index is 12.6. The molecule has 0 saturated carbocycles. The molecule has 0 unspecified atom stereocenters. The zero-order chi connectivity index (χ0) is 18.0. The second kappa shape index (κ2) is 7.35. The van der Waals surface area contributed by atoms with Gasteiger partial charge >= 0.3 is 0 Å². The van der Waals surface area contributed by atoms with Gasteiger partial charge in [0.2, 0.25) is 5.91 Å². The van der Waals surface area contributed by atoms with Gasteiger partial charge in [0, 0.05) is 44.0 Å². The Balaban J connectivity index is 1.69. The van der Waals surface area contributed by atoms with E-state index in [1.54, 1.807) is 16.7 Å². The number of nitrogens with zero attached hydrogens (tertiary/aromatic N) is 3. The van der Waals surface area contributed by atoms with Gasteiger partial charge in [0.1, 0.15) is 10.7 Å². The molecule has 1 fully saturated rings. The van der Waals surface area contributed by atoms with Gasteiger partial charge in [-0.1, -0.05) is 38.1 Å². The van der Waals surface area contributed by atoms with E-state index < -0.39 is 0 Å². The number of hydrogen-bond acceptors (Lipinski definition) is 4. The van der Waals surface area contributed by atoms with Gasteiger partial charge in [0.25, 0.3) is 5.91 Å². The van der Waals surface area contributed by atoms with E-state index in [-0.39, 0.29) is 11.8 Å². The number of thiazole rings is 1. The zero-order valence-electron chi connectivity index (χ0n) is 14.9. The van der Waals surface area contributed by atoms with E-state index in [2.05, 4.69) is 43.1 Å². The Morgan fingerprint density at radius 2 is 1.64 bits per heavy atom. The number of piperazine rings is 1. The highest BCUT2D eigenvalue weighted by Crippen LogP contribution is 2.26. The van der Waals surface area contributed by atoms with Gasteiger partial charge in [0.15, 0.2) is 0 Å². The molecule has 0 radical (unpaired) electrons. The molecular formula is C19H23N3O2S. The highest BCUT2D eigenvalue weighted by Gasteiger charge is 2.24. The Hall–Kier alpha value is -2.21. The van der Waals surface area contributed by atoms with Gasteiger partial charge in [0.05, 0.1) is 0 Å². The zero-order valence-corrected chi connectivity index (χ0v) is 15.7. The van der Waals surface area contributed by atoms with Gasteiger partial charge < -0.3 is 9.80 Å². The molecule has 1 aromatic carbocycles. The van der Waals surface area contributed by atoms with Crippen LogP contribution < -0.4 is 0 Å². The number of amides is 2.